The molecule has 4 nitrogen and oxygen atoms in total. The zero-order valence-electron chi connectivity index (χ0n) is 33.4. The van der Waals surface area contributed by atoms with Crippen molar-refractivity contribution in [3.8, 4) is 0 Å². The monoisotopic (exact) mass is 700 g/mol. The van der Waals surface area contributed by atoms with Gasteiger partial charge in [0.05, 0.1) is 18.8 Å². The molecule has 3 N–H and O–H groups in total. The third kappa shape index (κ3) is 37.6. The highest BCUT2D eigenvalue weighted by Gasteiger charge is 2.17. The highest BCUT2D eigenvalue weighted by molar-refractivity contribution is 5.76. The normalized spacial score (nSPS) is 13.4. The van der Waals surface area contributed by atoms with Crippen molar-refractivity contribution >= 4 is 5.91 Å². The van der Waals surface area contributed by atoms with Crippen LogP contribution in [0.25, 0.3) is 0 Å². The average Bonchev–Trinajstić information content (AvgIpc) is 3.12. The summed E-state index contributed by atoms with van der Waals surface area (Å²) in [4.78, 5) is 12.4. The zero-order valence-corrected chi connectivity index (χ0v) is 33.4. The van der Waals surface area contributed by atoms with E-state index in [0.29, 0.717) is 6.42 Å². The first-order valence-corrected chi connectivity index (χ1v) is 21.9. The lowest BCUT2D eigenvalue weighted by atomic mass is 10.0. The fraction of sp³-hybridized carbons (Fsp3) is 0.804. The van der Waals surface area contributed by atoms with Gasteiger partial charge < -0.3 is 15.5 Å². The molecule has 0 heterocycles. The van der Waals surface area contributed by atoms with Gasteiger partial charge in [0.2, 0.25) is 5.91 Å². The van der Waals surface area contributed by atoms with Crippen molar-refractivity contribution in [2.24, 2.45) is 0 Å². The van der Waals surface area contributed by atoms with Crippen LogP contribution < -0.4 is 5.32 Å². The van der Waals surface area contributed by atoms with Crippen molar-refractivity contribution in [1.29, 1.82) is 0 Å². The number of allylic oxidation sites excluding steroid dienone is 7. The van der Waals surface area contributed by atoms with Crippen LogP contribution in [0.3, 0.4) is 0 Å². The van der Waals surface area contributed by atoms with Crippen molar-refractivity contribution in [3.63, 3.8) is 0 Å². The molecule has 50 heavy (non-hydrogen) atoms. The summed E-state index contributed by atoms with van der Waals surface area (Å²) in [6.07, 6.45) is 56.4. The molecule has 1 amide bonds. The van der Waals surface area contributed by atoms with Crippen molar-refractivity contribution in [1.82, 2.24) is 5.32 Å². The summed E-state index contributed by atoms with van der Waals surface area (Å²) in [7, 11) is 0. The third-order valence-corrected chi connectivity index (χ3v) is 9.78. The number of carbonyl (C=O) groups is 1. The van der Waals surface area contributed by atoms with Gasteiger partial charge in [0.15, 0.2) is 0 Å². The number of nitrogens with one attached hydrogen (secondary N) is 1. The van der Waals surface area contributed by atoms with Crippen LogP contribution in [0.1, 0.15) is 219 Å². The van der Waals surface area contributed by atoms with Gasteiger partial charge in [-0.1, -0.05) is 197 Å². The second kappa shape index (κ2) is 41.8. The number of rotatable bonds is 39. The minimum Gasteiger partial charge on any atom is -0.394 e. The summed E-state index contributed by atoms with van der Waals surface area (Å²) in [5.41, 5.74) is 0. The van der Waals surface area contributed by atoms with E-state index in [4.69, 9.17) is 0 Å². The Morgan fingerprint density at radius 1 is 0.480 bits per heavy atom. The number of hydrogen-bond donors (Lipinski definition) is 3. The highest BCUT2D eigenvalue weighted by Crippen LogP contribution is 2.14. The lowest BCUT2D eigenvalue weighted by Crippen LogP contribution is -2.45. The number of amides is 1. The number of carbonyl (C=O) groups excluding carboxylic acids is 1. The van der Waals surface area contributed by atoms with Crippen LogP contribution in [0.4, 0.5) is 0 Å². The Labute approximate surface area is 312 Å². The van der Waals surface area contributed by atoms with E-state index in [9.17, 15) is 15.0 Å². The topological polar surface area (TPSA) is 69.6 Å². The van der Waals surface area contributed by atoms with Crippen molar-refractivity contribution in [2.75, 3.05) is 6.61 Å². The van der Waals surface area contributed by atoms with Gasteiger partial charge in [0, 0.05) is 6.42 Å². The average molecular weight is 700 g/mol. The van der Waals surface area contributed by atoms with Crippen LogP contribution >= 0.6 is 0 Å². The molecule has 0 fully saturated rings. The Morgan fingerprint density at radius 3 is 1.30 bits per heavy atom. The first-order valence-electron chi connectivity index (χ1n) is 21.9. The van der Waals surface area contributed by atoms with Gasteiger partial charge >= 0.3 is 0 Å². The quantitative estimate of drug-likeness (QED) is 0.0442. The largest absolute Gasteiger partial charge is 0.394 e. The van der Waals surface area contributed by atoms with Gasteiger partial charge in [-0.2, -0.15) is 0 Å². The summed E-state index contributed by atoms with van der Waals surface area (Å²) < 4.78 is 0. The fourth-order valence-electron chi connectivity index (χ4n) is 6.40. The first kappa shape index (κ1) is 48.3. The second-order valence-electron chi connectivity index (χ2n) is 14.8. The SMILES string of the molecule is CCCCCC/C=C\C/C=C\CCCCCCCCCC(=O)NC(CO)C(O)/C=C/CC/C=C/CCCCCCCCCCCCCCCC. The lowest BCUT2D eigenvalue weighted by Gasteiger charge is -2.19. The molecule has 0 aliphatic rings. The van der Waals surface area contributed by atoms with E-state index < -0.39 is 12.1 Å². The molecular weight excluding hydrogens is 615 g/mol. The van der Waals surface area contributed by atoms with Gasteiger partial charge in [0.1, 0.15) is 0 Å². The molecule has 4 heteroatoms. The minimum atomic E-state index is -0.866. The van der Waals surface area contributed by atoms with Crippen LogP contribution in [-0.4, -0.2) is 34.9 Å². The van der Waals surface area contributed by atoms with E-state index in [2.05, 4.69) is 55.6 Å². The van der Waals surface area contributed by atoms with Crippen LogP contribution in [-0.2, 0) is 4.79 Å². The molecule has 0 saturated carbocycles. The molecule has 0 saturated heterocycles. The van der Waals surface area contributed by atoms with Gasteiger partial charge in [0.25, 0.3) is 0 Å². The number of hydrogen-bond acceptors (Lipinski definition) is 3. The van der Waals surface area contributed by atoms with Gasteiger partial charge in [-0.05, 0) is 64.2 Å². The van der Waals surface area contributed by atoms with Crippen LogP contribution in [0.5, 0.6) is 0 Å². The van der Waals surface area contributed by atoms with E-state index in [1.54, 1.807) is 6.08 Å². The summed E-state index contributed by atoms with van der Waals surface area (Å²) in [5.74, 6) is -0.0824. The van der Waals surface area contributed by atoms with E-state index in [-0.39, 0.29) is 12.5 Å². The maximum atomic E-state index is 12.4. The van der Waals surface area contributed by atoms with E-state index in [1.807, 2.05) is 6.08 Å². The standard InChI is InChI=1S/C46H85NO3/c1-3-5-7-9-11-13-15-17-19-21-23-24-25-27-29-31-33-35-37-39-41-45(49)44(43-48)47-46(50)42-40-38-36-34-32-30-28-26-22-20-18-16-14-12-10-8-6-4-2/h14,16,20,22,31,33,39,41,44-45,48-49H,3-13,15,17-19,21,23-30,32,34-38,40,42-43H2,1-2H3,(H,47,50)/b16-14-,22-20-,33-31+,41-39+. The van der Waals surface area contributed by atoms with E-state index >= 15 is 0 Å². The highest BCUT2D eigenvalue weighted by atomic mass is 16.3. The molecule has 292 valence electrons. The fourth-order valence-corrected chi connectivity index (χ4v) is 6.40. The molecule has 2 atom stereocenters. The Morgan fingerprint density at radius 2 is 0.840 bits per heavy atom. The molecular formula is C46H85NO3. The number of aliphatic hydroxyl groups is 2. The zero-order chi connectivity index (χ0) is 36.4. The maximum absolute atomic E-state index is 12.4. The Hall–Kier alpha value is -1.65. The second-order valence-corrected chi connectivity index (χ2v) is 14.8. The maximum Gasteiger partial charge on any atom is 0.220 e. The lowest BCUT2D eigenvalue weighted by molar-refractivity contribution is -0.123. The molecule has 0 aromatic rings. The molecule has 0 aliphatic heterocycles. The van der Waals surface area contributed by atoms with Gasteiger partial charge in [-0.3, -0.25) is 4.79 Å². The van der Waals surface area contributed by atoms with Crippen molar-refractivity contribution < 1.29 is 15.0 Å². The molecule has 2 unspecified atom stereocenters. The predicted molar refractivity (Wildman–Crippen MR) is 221 cm³/mol. The molecule has 0 aromatic heterocycles. The molecule has 0 bridgehead atoms. The summed E-state index contributed by atoms with van der Waals surface area (Å²) in [6.45, 7) is 4.28. The number of aliphatic hydroxyl groups excluding tert-OH is 2. The van der Waals surface area contributed by atoms with E-state index in [1.165, 1.54) is 154 Å². The third-order valence-electron chi connectivity index (χ3n) is 9.78. The van der Waals surface area contributed by atoms with Crippen LogP contribution in [0, 0.1) is 0 Å². The summed E-state index contributed by atoms with van der Waals surface area (Å²) in [6, 6.07) is -0.643. The Bertz CT molecular complexity index is 801. The van der Waals surface area contributed by atoms with Crippen LogP contribution in [0.15, 0.2) is 48.6 Å². The molecule has 0 spiro atoms. The van der Waals surface area contributed by atoms with Crippen molar-refractivity contribution in [2.45, 2.75) is 231 Å². The van der Waals surface area contributed by atoms with Crippen molar-refractivity contribution in [3.05, 3.63) is 48.6 Å². The molecule has 0 aliphatic carbocycles. The van der Waals surface area contributed by atoms with Gasteiger partial charge in [-0.15, -0.1) is 0 Å². The van der Waals surface area contributed by atoms with Crippen LogP contribution in [0.2, 0.25) is 0 Å². The predicted octanol–water partition coefficient (Wildman–Crippen LogP) is 13.6. The molecule has 0 aromatic carbocycles. The summed E-state index contributed by atoms with van der Waals surface area (Å²) in [5, 5.41) is 23.0. The Kier molecular flexibility index (Phi) is 40.4. The number of unbranched alkanes of at least 4 members (excludes halogenated alkanes) is 26. The molecule has 0 rings (SSSR count). The Balaban J connectivity index is 3.64. The molecule has 0 radical (unpaired) electrons. The van der Waals surface area contributed by atoms with E-state index in [0.717, 1.165) is 44.9 Å². The minimum absolute atomic E-state index is 0.0824. The smallest absolute Gasteiger partial charge is 0.220 e. The summed E-state index contributed by atoms with van der Waals surface area (Å²) >= 11 is 0. The first-order chi connectivity index (χ1) is 24.7. The van der Waals surface area contributed by atoms with Gasteiger partial charge in [-0.25, -0.2) is 0 Å².